The van der Waals surface area contributed by atoms with E-state index in [0.29, 0.717) is 0 Å². The largest absolute Gasteiger partial charge is 0.469 e. The molecule has 1 N–H and O–H groups in total. The van der Waals surface area contributed by atoms with Crippen molar-refractivity contribution in [1.29, 1.82) is 0 Å². The minimum absolute atomic E-state index is 0.221. The molecule has 0 aliphatic carbocycles. The van der Waals surface area contributed by atoms with Gasteiger partial charge in [0.15, 0.2) is 5.13 Å². The lowest BCUT2D eigenvalue weighted by molar-refractivity contribution is -0.139. The summed E-state index contributed by atoms with van der Waals surface area (Å²) in [7, 11) is 1.38. The third-order valence-electron chi connectivity index (χ3n) is 2.67. The van der Waals surface area contributed by atoms with E-state index < -0.39 is 0 Å². The number of carbonyl (C=O) groups is 1. The number of aryl methyl sites for hydroxylation is 1. The van der Waals surface area contributed by atoms with Crippen LogP contribution in [0, 0.1) is 6.92 Å². The third-order valence-corrected chi connectivity index (χ3v) is 3.52. The Kier molecular flexibility index (Phi) is 4.52. The lowest BCUT2D eigenvalue weighted by Crippen LogP contribution is -2.05. The summed E-state index contributed by atoms with van der Waals surface area (Å²) >= 11 is 1.49. The monoisotopic (exact) mass is 276 g/mol. The Hall–Kier alpha value is -1.88. The van der Waals surface area contributed by atoms with E-state index in [1.165, 1.54) is 29.6 Å². The number of benzene rings is 1. The molecule has 5 heteroatoms. The molecule has 1 aromatic heterocycles. The standard InChI is InChI=1S/C14H16N2O2S/c1-10-3-5-11(6-4-10)8-15-14-16-12(9-19-14)7-13(17)18-2/h3-6,9H,7-8H2,1-2H3,(H,15,16). The molecule has 0 bridgehead atoms. The number of anilines is 1. The van der Waals surface area contributed by atoms with Crippen molar-refractivity contribution < 1.29 is 9.53 Å². The van der Waals surface area contributed by atoms with Gasteiger partial charge < -0.3 is 10.1 Å². The van der Waals surface area contributed by atoms with E-state index in [2.05, 4.69) is 46.2 Å². The number of carbonyl (C=O) groups excluding carboxylic acids is 1. The second kappa shape index (κ2) is 6.33. The lowest BCUT2D eigenvalue weighted by atomic mass is 10.1. The molecule has 4 nitrogen and oxygen atoms in total. The first-order valence-corrected chi connectivity index (χ1v) is 6.86. The van der Waals surface area contributed by atoms with Gasteiger partial charge in [-0.3, -0.25) is 4.79 Å². The Balaban J connectivity index is 1.89. The highest BCUT2D eigenvalue weighted by Crippen LogP contribution is 2.17. The summed E-state index contributed by atoms with van der Waals surface area (Å²) in [5.74, 6) is -0.268. The van der Waals surface area contributed by atoms with Gasteiger partial charge in [0.2, 0.25) is 0 Å². The van der Waals surface area contributed by atoms with Gasteiger partial charge in [-0.05, 0) is 12.5 Å². The van der Waals surface area contributed by atoms with Gasteiger partial charge in [0.05, 0.1) is 19.2 Å². The molecule has 0 aliphatic rings. The van der Waals surface area contributed by atoms with E-state index in [-0.39, 0.29) is 12.4 Å². The molecule has 1 aromatic carbocycles. The average molecular weight is 276 g/mol. The van der Waals surface area contributed by atoms with E-state index >= 15 is 0 Å². The zero-order valence-corrected chi connectivity index (χ0v) is 11.8. The number of methoxy groups -OCH3 is 1. The first-order valence-electron chi connectivity index (χ1n) is 5.98. The summed E-state index contributed by atoms with van der Waals surface area (Å²) in [5, 5.41) is 5.94. The molecule has 2 aromatic rings. The quantitative estimate of drug-likeness (QED) is 0.853. The van der Waals surface area contributed by atoms with Crippen molar-refractivity contribution in [1.82, 2.24) is 4.98 Å². The summed E-state index contributed by atoms with van der Waals surface area (Å²) < 4.78 is 4.61. The molecule has 0 radical (unpaired) electrons. The molecule has 1 heterocycles. The molecule has 0 spiro atoms. The van der Waals surface area contributed by atoms with Gasteiger partial charge in [-0.2, -0.15) is 0 Å². The molecule has 0 amide bonds. The second-order valence-electron chi connectivity index (χ2n) is 4.24. The summed E-state index contributed by atoms with van der Waals surface area (Å²) in [6.45, 7) is 2.79. The first kappa shape index (κ1) is 13.5. The molecule has 0 unspecified atom stereocenters. The number of hydrogen-bond acceptors (Lipinski definition) is 5. The average Bonchev–Trinajstić information content (AvgIpc) is 2.85. The van der Waals surface area contributed by atoms with Gasteiger partial charge in [-0.15, -0.1) is 11.3 Å². The number of ether oxygens (including phenoxy) is 1. The maximum absolute atomic E-state index is 11.1. The van der Waals surface area contributed by atoms with Crippen LogP contribution in [0.5, 0.6) is 0 Å². The lowest BCUT2D eigenvalue weighted by Gasteiger charge is -2.03. The number of hydrogen-bond donors (Lipinski definition) is 1. The second-order valence-corrected chi connectivity index (χ2v) is 5.09. The van der Waals surface area contributed by atoms with Crippen molar-refractivity contribution in [3.63, 3.8) is 0 Å². The Morgan fingerprint density at radius 2 is 2.11 bits per heavy atom. The molecule has 0 aliphatic heterocycles. The fourth-order valence-electron chi connectivity index (χ4n) is 1.57. The van der Waals surface area contributed by atoms with E-state index in [1.54, 1.807) is 0 Å². The smallest absolute Gasteiger partial charge is 0.311 e. The SMILES string of the molecule is COC(=O)Cc1csc(NCc2ccc(C)cc2)n1. The van der Waals surface area contributed by atoms with Crippen LogP contribution in [0.25, 0.3) is 0 Å². The van der Waals surface area contributed by atoms with Crippen LogP contribution in [0.4, 0.5) is 5.13 Å². The van der Waals surface area contributed by atoms with Crippen molar-refractivity contribution in [2.75, 3.05) is 12.4 Å². The van der Waals surface area contributed by atoms with Crippen LogP contribution in [0.3, 0.4) is 0 Å². The Labute approximate surface area is 116 Å². The highest BCUT2D eigenvalue weighted by atomic mass is 32.1. The van der Waals surface area contributed by atoms with Crippen molar-refractivity contribution >= 4 is 22.4 Å². The van der Waals surface area contributed by atoms with Crippen LogP contribution < -0.4 is 5.32 Å². The number of nitrogens with one attached hydrogen (secondary N) is 1. The van der Waals surface area contributed by atoms with Crippen molar-refractivity contribution in [2.45, 2.75) is 19.9 Å². The Bertz CT molecular complexity index is 549. The number of nitrogens with zero attached hydrogens (tertiary/aromatic N) is 1. The number of aromatic nitrogens is 1. The van der Waals surface area contributed by atoms with Crippen LogP contribution in [0.2, 0.25) is 0 Å². The highest BCUT2D eigenvalue weighted by Gasteiger charge is 2.07. The molecule has 0 fully saturated rings. The highest BCUT2D eigenvalue weighted by molar-refractivity contribution is 7.13. The van der Waals surface area contributed by atoms with Crippen LogP contribution in [-0.4, -0.2) is 18.1 Å². The number of thiazole rings is 1. The zero-order chi connectivity index (χ0) is 13.7. The van der Waals surface area contributed by atoms with Crippen molar-refractivity contribution in [3.05, 3.63) is 46.5 Å². The number of rotatable bonds is 5. The molecule has 19 heavy (non-hydrogen) atoms. The zero-order valence-electron chi connectivity index (χ0n) is 11.0. The summed E-state index contributed by atoms with van der Waals surface area (Å²) in [6.07, 6.45) is 0.221. The van der Waals surface area contributed by atoms with Crippen LogP contribution >= 0.6 is 11.3 Å². The maximum atomic E-state index is 11.1. The van der Waals surface area contributed by atoms with Gasteiger partial charge >= 0.3 is 5.97 Å². The van der Waals surface area contributed by atoms with E-state index in [0.717, 1.165) is 17.4 Å². The topological polar surface area (TPSA) is 51.2 Å². The molecular formula is C14H16N2O2S. The molecule has 100 valence electrons. The van der Waals surface area contributed by atoms with Crippen LogP contribution in [0.1, 0.15) is 16.8 Å². The first-order chi connectivity index (χ1) is 9.17. The van der Waals surface area contributed by atoms with Crippen LogP contribution in [0.15, 0.2) is 29.6 Å². The van der Waals surface area contributed by atoms with Gasteiger partial charge in [0, 0.05) is 11.9 Å². The minimum Gasteiger partial charge on any atom is -0.469 e. The third kappa shape index (κ3) is 4.06. The van der Waals surface area contributed by atoms with E-state index in [9.17, 15) is 4.79 Å². The normalized spacial score (nSPS) is 10.2. The Morgan fingerprint density at radius 3 is 2.79 bits per heavy atom. The van der Waals surface area contributed by atoms with Gasteiger partial charge in [-0.1, -0.05) is 29.8 Å². The van der Waals surface area contributed by atoms with E-state index in [4.69, 9.17) is 0 Å². The minimum atomic E-state index is -0.268. The summed E-state index contributed by atoms with van der Waals surface area (Å²) in [5.41, 5.74) is 3.19. The maximum Gasteiger partial charge on any atom is 0.311 e. The predicted octanol–water partition coefficient (Wildman–Crippen LogP) is 2.78. The van der Waals surface area contributed by atoms with Crippen molar-refractivity contribution in [3.8, 4) is 0 Å². The van der Waals surface area contributed by atoms with Gasteiger partial charge in [0.25, 0.3) is 0 Å². The summed E-state index contributed by atoms with van der Waals surface area (Å²) in [4.78, 5) is 15.5. The Morgan fingerprint density at radius 1 is 1.37 bits per heavy atom. The summed E-state index contributed by atoms with van der Waals surface area (Å²) in [6, 6.07) is 8.35. The van der Waals surface area contributed by atoms with Gasteiger partial charge in [0.1, 0.15) is 0 Å². The fourth-order valence-corrected chi connectivity index (χ4v) is 2.28. The molecule has 0 atom stereocenters. The number of esters is 1. The van der Waals surface area contributed by atoms with E-state index in [1.807, 2.05) is 5.38 Å². The molecule has 2 rings (SSSR count). The predicted molar refractivity (Wildman–Crippen MR) is 76.3 cm³/mol. The van der Waals surface area contributed by atoms with Crippen molar-refractivity contribution in [2.24, 2.45) is 0 Å². The molecular weight excluding hydrogens is 260 g/mol. The molecule has 0 saturated carbocycles. The fraction of sp³-hybridized carbons (Fsp3) is 0.286. The molecule has 0 saturated heterocycles. The van der Waals surface area contributed by atoms with Gasteiger partial charge in [-0.25, -0.2) is 4.98 Å². The van der Waals surface area contributed by atoms with Crippen LogP contribution in [-0.2, 0) is 22.5 Å².